The SMILES string of the molecule is CCOc1cc(/C=C2\N=C(c3ccc([N+](=O)[O-])c(C)c3)OC2=O)ccc1Oc1ccc([N+](=O)[O-])cc1[N+](=O)[O-]. The molecule has 0 saturated carbocycles. The van der Waals surface area contributed by atoms with E-state index in [4.69, 9.17) is 14.2 Å². The van der Waals surface area contributed by atoms with Gasteiger partial charge < -0.3 is 14.2 Å². The van der Waals surface area contributed by atoms with Crippen molar-refractivity contribution >= 4 is 35.0 Å². The average Bonchev–Trinajstić information content (AvgIpc) is 3.25. The van der Waals surface area contributed by atoms with Crippen molar-refractivity contribution in [2.75, 3.05) is 6.61 Å². The number of carbonyl (C=O) groups is 1. The molecule has 1 aliphatic heterocycles. The van der Waals surface area contributed by atoms with E-state index in [0.29, 0.717) is 16.7 Å². The molecule has 14 nitrogen and oxygen atoms in total. The Balaban J connectivity index is 1.65. The maximum absolute atomic E-state index is 12.4. The van der Waals surface area contributed by atoms with E-state index >= 15 is 0 Å². The largest absolute Gasteiger partial charge is 0.490 e. The lowest BCUT2D eigenvalue weighted by Crippen LogP contribution is -2.06. The van der Waals surface area contributed by atoms with Crippen LogP contribution in [0.25, 0.3) is 6.08 Å². The number of hydrogen-bond donors (Lipinski definition) is 0. The smallest absolute Gasteiger partial charge is 0.363 e. The zero-order valence-corrected chi connectivity index (χ0v) is 20.4. The fourth-order valence-electron chi connectivity index (χ4n) is 3.62. The standard InChI is InChI=1S/C25H18N4O10/c1-3-37-23-12-15(4-8-22(23)38-21-9-6-17(27(31)32)13-20(21)29(35)36)11-18-25(30)39-24(26-18)16-5-7-19(28(33)34)14(2)10-16/h4-13H,3H2,1-2H3/b18-11-. The Morgan fingerprint density at radius 3 is 2.23 bits per heavy atom. The van der Waals surface area contributed by atoms with E-state index in [2.05, 4.69) is 4.99 Å². The van der Waals surface area contributed by atoms with Crippen LogP contribution in [0.5, 0.6) is 17.2 Å². The van der Waals surface area contributed by atoms with Gasteiger partial charge in [0.1, 0.15) is 0 Å². The quantitative estimate of drug-likeness (QED) is 0.152. The van der Waals surface area contributed by atoms with Crippen LogP contribution in [0.15, 0.2) is 65.3 Å². The Hall–Kier alpha value is -5.66. The van der Waals surface area contributed by atoms with E-state index in [-0.39, 0.29) is 41.1 Å². The van der Waals surface area contributed by atoms with E-state index in [9.17, 15) is 35.1 Å². The van der Waals surface area contributed by atoms with Crippen molar-refractivity contribution in [1.82, 2.24) is 0 Å². The number of nitro groups is 3. The van der Waals surface area contributed by atoms with Gasteiger partial charge in [0.05, 0.1) is 27.4 Å². The molecule has 0 saturated heterocycles. The van der Waals surface area contributed by atoms with Crippen molar-refractivity contribution < 1.29 is 33.8 Å². The normalized spacial score (nSPS) is 13.5. The van der Waals surface area contributed by atoms with Crippen LogP contribution in [-0.4, -0.2) is 33.2 Å². The molecule has 0 bridgehead atoms. The second-order valence-electron chi connectivity index (χ2n) is 8.00. The summed E-state index contributed by atoms with van der Waals surface area (Å²) in [6, 6.07) is 11.7. The molecule has 1 aliphatic rings. The Morgan fingerprint density at radius 1 is 0.872 bits per heavy atom. The Morgan fingerprint density at radius 2 is 1.59 bits per heavy atom. The summed E-state index contributed by atoms with van der Waals surface area (Å²) in [5, 5.41) is 33.5. The van der Waals surface area contributed by atoms with Crippen molar-refractivity contribution in [2.45, 2.75) is 13.8 Å². The number of rotatable bonds is 9. The molecule has 3 aromatic rings. The third kappa shape index (κ3) is 5.69. The van der Waals surface area contributed by atoms with Crippen LogP contribution in [0.2, 0.25) is 0 Å². The second-order valence-corrected chi connectivity index (χ2v) is 8.00. The average molecular weight is 534 g/mol. The number of carbonyl (C=O) groups excluding carboxylic acids is 1. The number of aliphatic imine (C=N–C) groups is 1. The summed E-state index contributed by atoms with van der Waals surface area (Å²) in [4.78, 5) is 48.1. The Kier molecular flexibility index (Phi) is 7.28. The third-order valence-corrected chi connectivity index (χ3v) is 5.40. The minimum Gasteiger partial charge on any atom is -0.490 e. The van der Waals surface area contributed by atoms with Crippen LogP contribution in [0.3, 0.4) is 0 Å². The lowest BCUT2D eigenvalue weighted by atomic mass is 10.1. The van der Waals surface area contributed by atoms with Crippen molar-refractivity contribution in [2.24, 2.45) is 4.99 Å². The number of benzene rings is 3. The lowest BCUT2D eigenvalue weighted by molar-refractivity contribution is -0.394. The molecule has 1 heterocycles. The summed E-state index contributed by atoms with van der Waals surface area (Å²) in [5.41, 5.74) is 0.0357. The maximum Gasteiger partial charge on any atom is 0.363 e. The van der Waals surface area contributed by atoms with E-state index in [1.54, 1.807) is 19.9 Å². The van der Waals surface area contributed by atoms with Crippen LogP contribution in [-0.2, 0) is 9.53 Å². The van der Waals surface area contributed by atoms with Gasteiger partial charge in [-0.2, -0.15) is 0 Å². The number of esters is 1. The molecule has 0 aliphatic carbocycles. The highest BCUT2D eigenvalue weighted by Gasteiger charge is 2.26. The first kappa shape index (κ1) is 26.4. The lowest BCUT2D eigenvalue weighted by Gasteiger charge is -2.12. The zero-order chi connectivity index (χ0) is 28.3. The van der Waals surface area contributed by atoms with Crippen molar-refractivity contribution in [3.05, 3.63) is 107 Å². The Bertz CT molecular complexity index is 1600. The zero-order valence-electron chi connectivity index (χ0n) is 20.4. The fraction of sp³-hybridized carbons (Fsp3) is 0.120. The number of ether oxygens (including phenoxy) is 3. The summed E-state index contributed by atoms with van der Waals surface area (Å²) in [5.74, 6) is -0.707. The first-order valence-electron chi connectivity index (χ1n) is 11.2. The summed E-state index contributed by atoms with van der Waals surface area (Å²) in [7, 11) is 0. The molecule has 0 radical (unpaired) electrons. The number of hydrogen-bond acceptors (Lipinski definition) is 11. The topological polar surface area (TPSA) is 187 Å². The molecule has 0 N–H and O–H groups in total. The van der Waals surface area contributed by atoms with Crippen molar-refractivity contribution in [1.29, 1.82) is 0 Å². The minimum atomic E-state index is -0.796. The molecule has 0 unspecified atom stereocenters. The van der Waals surface area contributed by atoms with Crippen molar-refractivity contribution in [3.8, 4) is 17.2 Å². The molecule has 39 heavy (non-hydrogen) atoms. The van der Waals surface area contributed by atoms with Gasteiger partial charge in [0.2, 0.25) is 11.6 Å². The molecule has 0 amide bonds. The predicted molar refractivity (Wildman–Crippen MR) is 136 cm³/mol. The molecule has 3 aromatic carbocycles. The number of nitrogens with zero attached hydrogens (tertiary/aromatic N) is 4. The van der Waals surface area contributed by atoms with Crippen LogP contribution >= 0.6 is 0 Å². The summed E-state index contributed by atoms with van der Waals surface area (Å²) >= 11 is 0. The van der Waals surface area contributed by atoms with Crippen LogP contribution in [0.1, 0.15) is 23.6 Å². The van der Waals surface area contributed by atoms with Gasteiger partial charge in [-0.05, 0) is 55.8 Å². The molecule has 0 spiro atoms. The number of nitro benzene ring substituents is 3. The molecule has 198 valence electrons. The van der Waals surface area contributed by atoms with E-state index in [0.717, 1.165) is 18.2 Å². The molecule has 4 rings (SSSR count). The molecular formula is C25H18N4O10. The molecular weight excluding hydrogens is 516 g/mol. The van der Waals surface area contributed by atoms with Crippen molar-refractivity contribution in [3.63, 3.8) is 0 Å². The van der Waals surface area contributed by atoms with Gasteiger partial charge >= 0.3 is 11.7 Å². The second kappa shape index (κ2) is 10.8. The maximum atomic E-state index is 12.4. The van der Waals surface area contributed by atoms with Gasteiger partial charge in [-0.1, -0.05) is 6.07 Å². The van der Waals surface area contributed by atoms with Crippen LogP contribution < -0.4 is 9.47 Å². The summed E-state index contributed by atoms with van der Waals surface area (Å²) in [6.45, 7) is 3.48. The predicted octanol–water partition coefficient (Wildman–Crippen LogP) is 5.26. The molecule has 0 atom stereocenters. The first-order valence-corrected chi connectivity index (χ1v) is 11.2. The van der Waals surface area contributed by atoms with Gasteiger partial charge in [0.15, 0.2) is 17.2 Å². The van der Waals surface area contributed by atoms with Gasteiger partial charge in [0.25, 0.3) is 11.4 Å². The molecule has 0 aromatic heterocycles. The highest BCUT2D eigenvalue weighted by Crippen LogP contribution is 2.39. The minimum absolute atomic E-state index is 0.0142. The highest BCUT2D eigenvalue weighted by atomic mass is 16.6. The number of aryl methyl sites for hydroxylation is 1. The highest BCUT2D eigenvalue weighted by molar-refractivity contribution is 6.13. The monoisotopic (exact) mass is 534 g/mol. The van der Waals surface area contributed by atoms with Gasteiger partial charge in [-0.25, -0.2) is 9.79 Å². The van der Waals surface area contributed by atoms with Gasteiger partial charge in [-0.3, -0.25) is 30.3 Å². The Labute approximate surface area is 219 Å². The first-order chi connectivity index (χ1) is 18.6. The van der Waals surface area contributed by atoms with Crippen LogP contribution in [0, 0.1) is 37.3 Å². The fourth-order valence-corrected chi connectivity index (χ4v) is 3.62. The van der Waals surface area contributed by atoms with Gasteiger partial charge in [0, 0.05) is 23.3 Å². The van der Waals surface area contributed by atoms with Gasteiger partial charge in [-0.15, -0.1) is 0 Å². The number of cyclic esters (lactones) is 1. The van der Waals surface area contributed by atoms with E-state index in [1.807, 2.05) is 0 Å². The third-order valence-electron chi connectivity index (χ3n) is 5.40. The number of non-ortho nitro benzene ring substituents is 1. The van der Waals surface area contributed by atoms with Crippen LogP contribution in [0.4, 0.5) is 17.1 Å². The van der Waals surface area contributed by atoms with E-state index < -0.39 is 32.1 Å². The van der Waals surface area contributed by atoms with E-state index in [1.165, 1.54) is 36.4 Å². The molecule has 14 heteroatoms. The summed E-state index contributed by atoms with van der Waals surface area (Å²) in [6.07, 6.45) is 1.42. The summed E-state index contributed by atoms with van der Waals surface area (Å²) < 4.78 is 16.5. The molecule has 0 fully saturated rings.